The van der Waals surface area contributed by atoms with E-state index in [1.165, 1.54) is 31.8 Å². The molecule has 0 atom stereocenters. The molecule has 1 aromatic rings. The van der Waals surface area contributed by atoms with Crippen molar-refractivity contribution < 1.29 is 9.53 Å². The SMILES string of the molecule is CC(C)Oc1ccc(C(N)=CC(=N)NC(=O)CCCN2CCCCCC2)cc1. The number of amidine groups is 1. The number of likely N-dealkylation sites (tertiary alicyclic amines) is 1. The Morgan fingerprint density at radius 2 is 1.86 bits per heavy atom. The summed E-state index contributed by atoms with van der Waals surface area (Å²) in [6.07, 6.45) is 7.97. The molecule has 1 saturated heterocycles. The summed E-state index contributed by atoms with van der Waals surface area (Å²) in [5.74, 6) is 0.656. The first-order chi connectivity index (χ1) is 13.4. The molecule has 1 aliphatic heterocycles. The van der Waals surface area contributed by atoms with Crippen LogP contribution in [0.4, 0.5) is 0 Å². The van der Waals surface area contributed by atoms with Gasteiger partial charge in [-0.3, -0.25) is 10.2 Å². The van der Waals surface area contributed by atoms with Crippen molar-refractivity contribution in [3.63, 3.8) is 0 Å². The zero-order valence-electron chi connectivity index (χ0n) is 17.2. The van der Waals surface area contributed by atoms with Crippen molar-refractivity contribution in [3.05, 3.63) is 35.9 Å². The molecule has 0 spiro atoms. The number of carbonyl (C=O) groups excluding carboxylic acids is 1. The number of carbonyl (C=O) groups is 1. The number of hydrogen-bond donors (Lipinski definition) is 3. The zero-order valence-corrected chi connectivity index (χ0v) is 17.2. The zero-order chi connectivity index (χ0) is 20.4. The highest BCUT2D eigenvalue weighted by Gasteiger charge is 2.10. The van der Waals surface area contributed by atoms with Gasteiger partial charge < -0.3 is 20.7 Å². The summed E-state index contributed by atoms with van der Waals surface area (Å²) >= 11 is 0. The maximum absolute atomic E-state index is 12.1. The van der Waals surface area contributed by atoms with Crippen LogP contribution >= 0.6 is 0 Å². The molecule has 1 aliphatic rings. The fourth-order valence-electron chi connectivity index (χ4n) is 3.31. The first kappa shape index (κ1) is 22.0. The number of nitrogens with two attached hydrogens (primary N) is 1. The molecule has 1 amide bonds. The topological polar surface area (TPSA) is 91.4 Å². The van der Waals surface area contributed by atoms with E-state index in [4.69, 9.17) is 15.9 Å². The molecule has 0 aromatic heterocycles. The van der Waals surface area contributed by atoms with E-state index in [-0.39, 0.29) is 17.8 Å². The van der Waals surface area contributed by atoms with E-state index >= 15 is 0 Å². The third-order valence-electron chi connectivity index (χ3n) is 4.71. The Morgan fingerprint density at radius 1 is 1.21 bits per heavy atom. The quantitative estimate of drug-likeness (QED) is 0.471. The molecular weight excluding hydrogens is 352 g/mol. The number of benzene rings is 1. The fraction of sp³-hybridized carbons (Fsp3) is 0.545. The van der Waals surface area contributed by atoms with E-state index in [0.717, 1.165) is 37.4 Å². The van der Waals surface area contributed by atoms with Gasteiger partial charge in [0.2, 0.25) is 5.91 Å². The molecule has 0 unspecified atom stereocenters. The second kappa shape index (κ2) is 11.5. The van der Waals surface area contributed by atoms with Crippen molar-refractivity contribution in [3.8, 4) is 5.75 Å². The van der Waals surface area contributed by atoms with Crippen molar-refractivity contribution in [2.75, 3.05) is 19.6 Å². The van der Waals surface area contributed by atoms with Gasteiger partial charge in [0.1, 0.15) is 11.6 Å². The van der Waals surface area contributed by atoms with Gasteiger partial charge in [0, 0.05) is 18.2 Å². The molecule has 6 nitrogen and oxygen atoms in total. The molecule has 1 aromatic carbocycles. The summed E-state index contributed by atoms with van der Waals surface area (Å²) < 4.78 is 5.61. The van der Waals surface area contributed by atoms with Gasteiger partial charge in [0.25, 0.3) is 0 Å². The van der Waals surface area contributed by atoms with Crippen LogP contribution in [0, 0.1) is 5.41 Å². The second-order valence-corrected chi connectivity index (χ2v) is 7.61. The van der Waals surface area contributed by atoms with Gasteiger partial charge in [-0.1, -0.05) is 12.8 Å². The highest BCUT2D eigenvalue weighted by atomic mass is 16.5. The van der Waals surface area contributed by atoms with Gasteiger partial charge in [0.05, 0.1) is 6.10 Å². The average Bonchev–Trinajstić information content (AvgIpc) is 2.90. The Kier molecular flexibility index (Phi) is 9.01. The Balaban J connectivity index is 1.75. The maximum Gasteiger partial charge on any atom is 0.225 e. The summed E-state index contributed by atoms with van der Waals surface area (Å²) in [5, 5.41) is 10.6. The highest BCUT2D eigenvalue weighted by molar-refractivity contribution is 6.05. The number of rotatable bonds is 8. The van der Waals surface area contributed by atoms with Crippen LogP contribution < -0.4 is 15.8 Å². The molecule has 4 N–H and O–H groups in total. The molecule has 1 heterocycles. The van der Waals surface area contributed by atoms with E-state index in [1.54, 1.807) is 0 Å². The van der Waals surface area contributed by atoms with Crippen molar-refractivity contribution in [2.45, 2.75) is 58.5 Å². The molecule has 6 heteroatoms. The number of hydrogen-bond acceptors (Lipinski definition) is 5. The minimum Gasteiger partial charge on any atom is -0.491 e. The van der Waals surface area contributed by atoms with Crippen molar-refractivity contribution in [1.29, 1.82) is 5.41 Å². The third-order valence-corrected chi connectivity index (χ3v) is 4.71. The molecule has 1 fully saturated rings. The van der Waals surface area contributed by atoms with Crippen LogP contribution in [0.3, 0.4) is 0 Å². The Hall–Kier alpha value is -2.34. The van der Waals surface area contributed by atoms with E-state index in [9.17, 15) is 4.79 Å². The molecule has 0 aliphatic carbocycles. The van der Waals surface area contributed by atoms with Crippen molar-refractivity contribution >= 4 is 17.4 Å². The minimum atomic E-state index is -0.135. The predicted octanol–water partition coefficient (Wildman–Crippen LogP) is 3.52. The van der Waals surface area contributed by atoms with Crippen LogP contribution in [0.1, 0.15) is 57.9 Å². The summed E-state index contributed by atoms with van der Waals surface area (Å²) in [5.41, 5.74) is 7.28. The lowest BCUT2D eigenvalue weighted by molar-refractivity contribution is -0.119. The number of nitrogens with zero attached hydrogens (tertiary/aromatic N) is 1. The van der Waals surface area contributed by atoms with Crippen LogP contribution in [0.15, 0.2) is 30.3 Å². The normalized spacial score (nSPS) is 15.9. The summed E-state index contributed by atoms with van der Waals surface area (Å²) in [6.45, 7) is 7.17. The number of ether oxygens (including phenoxy) is 1. The Morgan fingerprint density at radius 3 is 2.46 bits per heavy atom. The van der Waals surface area contributed by atoms with E-state index in [1.807, 2.05) is 38.1 Å². The largest absolute Gasteiger partial charge is 0.491 e. The lowest BCUT2D eigenvalue weighted by Gasteiger charge is -2.19. The van der Waals surface area contributed by atoms with Crippen LogP contribution in [-0.4, -0.2) is 42.4 Å². The van der Waals surface area contributed by atoms with Gasteiger partial charge in [-0.2, -0.15) is 0 Å². The predicted molar refractivity (Wildman–Crippen MR) is 114 cm³/mol. The average molecular weight is 387 g/mol. The lowest BCUT2D eigenvalue weighted by Crippen LogP contribution is -2.31. The van der Waals surface area contributed by atoms with E-state index in [0.29, 0.717) is 12.1 Å². The maximum atomic E-state index is 12.1. The summed E-state index contributed by atoms with van der Waals surface area (Å²) in [6, 6.07) is 7.39. The lowest BCUT2D eigenvalue weighted by atomic mass is 10.1. The summed E-state index contributed by atoms with van der Waals surface area (Å²) in [7, 11) is 0. The molecule has 154 valence electrons. The van der Waals surface area contributed by atoms with Crippen LogP contribution in [-0.2, 0) is 4.79 Å². The van der Waals surface area contributed by atoms with Crippen LogP contribution in [0.25, 0.3) is 5.70 Å². The van der Waals surface area contributed by atoms with Gasteiger partial charge in [0.15, 0.2) is 0 Å². The first-order valence-corrected chi connectivity index (χ1v) is 10.3. The van der Waals surface area contributed by atoms with Crippen molar-refractivity contribution in [1.82, 2.24) is 10.2 Å². The van der Waals surface area contributed by atoms with Crippen molar-refractivity contribution in [2.24, 2.45) is 5.73 Å². The molecular formula is C22H34N4O2. The Labute approximate surface area is 168 Å². The van der Waals surface area contributed by atoms with Gasteiger partial charge >= 0.3 is 0 Å². The third kappa shape index (κ3) is 8.13. The second-order valence-electron chi connectivity index (χ2n) is 7.61. The standard InChI is InChI=1S/C22H34N4O2/c1-17(2)28-19-11-9-18(10-12-19)20(23)16-21(24)25-22(27)8-7-15-26-13-5-3-4-6-14-26/h9-12,16-17H,3-8,13-15,23H2,1-2H3,(H2,24,25,27). The monoisotopic (exact) mass is 386 g/mol. The summed E-state index contributed by atoms with van der Waals surface area (Å²) in [4.78, 5) is 14.5. The molecule has 0 saturated carbocycles. The van der Waals surface area contributed by atoms with E-state index in [2.05, 4.69) is 10.2 Å². The highest BCUT2D eigenvalue weighted by Crippen LogP contribution is 2.17. The Bertz CT molecular complexity index is 660. The minimum absolute atomic E-state index is 0.0137. The van der Waals surface area contributed by atoms with Gasteiger partial charge in [-0.05, 0) is 82.6 Å². The fourth-order valence-corrected chi connectivity index (χ4v) is 3.31. The smallest absolute Gasteiger partial charge is 0.225 e. The number of amides is 1. The van der Waals surface area contributed by atoms with Crippen LogP contribution in [0.2, 0.25) is 0 Å². The van der Waals surface area contributed by atoms with Gasteiger partial charge in [-0.25, -0.2) is 0 Å². The van der Waals surface area contributed by atoms with Crippen LogP contribution in [0.5, 0.6) is 5.75 Å². The molecule has 0 bridgehead atoms. The van der Waals surface area contributed by atoms with Gasteiger partial charge in [-0.15, -0.1) is 0 Å². The number of nitrogens with one attached hydrogen (secondary N) is 2. The van der Waals surface area contributed by atoms with E-state index < -0.39 is 0 Å². The molecule has 2 rings (SSSR count). The molecule has 28 heavy (non-hydrogen) atoms. The molecule has 0 radical (unpaired) electrons. The first-order valence-electron chi connectivity index (χ1n) is 10.3.